The van der Waals surface area contributed by atoms with Crippen molar-refractivity contribution in [2.75, 3.05) is 13.2 Å². The standard InChI is InChI=1S/C15H23FN2O/c1-2-7-18-15(6-5-14-4-3-8-19-14)12-9-13(16)11-17-10-12/h9-11,14-15,18H,2-8H2,1H3. The van der Waals surface area contributed by atoms with Crippen LogP contribution >= 0.6 is 0 Å². The second kappa shape index (κ2) is 7.56. The minimum absolute atomic E-state index is 0.173. The van der Waals surface area contributed by atoms with Gasteiger partial charge < -0.3 is 10.1 Å². The lowest BCUT2D eigenvalue weighted by atomic mass is 10.0. The first-order chi connectivity index (χ1) is 9.29. The molecule has 4 heteroatoms. The average Bonchev–Trinajstić information content (AvgIpc) is 2.92. The SMILES string of the molecule is CCCNC(CCC1CCCO1)c1cncc(F)c1. The molecule has 1 saturated heterocycles. The van der Waals surface area contributed by atoms with Gasteiger partial charge in [0.25, 0.3) is 0 Å². The quantitative estimate of drug-likeness (QED) is 0.822. The van der Waals surface area contributed by atoms with Crippen LogP contribution in [0, 0.1) is 5.82 Å². The molecule has 2 atom stereocenters. The molecule has 0 bridgehead atoms. The molecule has 1 aliphatic heterocycles. The van der Waals surface area contributed by atoms with Crippen LogP contribution in [0.5, 0.6) is 0 Å². The van der Waals surface area contributed by atoms with Crippen molar-refractivity contribution in [3.8, 4) is 0 Å². The summed E-state index contributed by atoms with van der Waals surface area (Å²) in [5.74, 6) is -0.266. The molecule has 1 aromatic rings. The van der Waals surface area contributed by atoms with Crippen LogP contribution in [0.1, 0.15) is 50.6 Å². The predicted molar refractivity (Wildman–Crippen MR) is 73.4 cm³/mol. The van der Waals surface area contributed by atoms with E-state index in [4.69, 9.17) is 4.74 Å². The molecule has 19 heavy (non-hydrogen) atoms. The summed E-state index contributed by atoms with van der Waals surface area (Å²) in [6.07, 6.45) is 8.77. The number of nitrogens with one attached hydrogen (secondary N) is 1. The highest BCUT2D eigenvalue weighted by atomic mass is 19.1. The number of hydrogen-bond donors (Lipinski definition) is 1. The lowest BCUT2D eigenvalue weighted by Crippen LogP contribution is -2.23. The minimum Gasteiger partial charge on any atom is -0.378 e. The third-order valence-corrected chi connectivity index (χ3v) is 3.57. The summed E-state index contributed by atoms with van der Waals surface area (Å²) in [7, 11) is 0. The molecule has 0 aliphatic carbocycles. The van der Waals surface area contributed by atoms with E-state index in [1.807, 2.05) is 0 Å². The van der Waals surface area contributed by atoms with E-state index in [0.717, 1.165) is 44.4 Å². The molecule has 1 aliphatic rings. The molecule has 0 spiro atoms. The molecule has 0 radical (unpaired) electrons. The first-order valence-electron chi connectivity index (χ1n) is 7.25. The Morgan fingerprint density at radius 1 is 1.53 bits per heavy atom. The van der Waals surface area contributed by atoms with E-state index in [1.165, 1.54) is 12.6 Å². The molecule has 2 unspecified atom stereocenters. The van der Waals surface area contributed by atoms with Crippen molar-refractivity contribution in [1.29, 1.82) is 0 Å². The van der Waals surface area contributed by atoms with Crippen LogP contribution in [0.25, 0.3) is 0 Å². The van der Waals surface area contributed by atoms with Gasteiger partial charge in [-0.2, -0.15) is 0 Å². The summed E-state index contributed by atoms with van der Waals surface area (Å²) in [4.78, 5) is 3.95. The molecule has 106 valence electrons. The van der Waals surface area contributed by atoms with Crippen molar-refractivity contribution < 1.29 is 9.13 Å². The van der Waals surface area contributed by atoms with Crippen molar-refractivity contribution in [3.05, 3.63) is 29.8 Å². The van der Waals surface area contributed by atoms with Crippen molar-refractivity contribution in [1.82, 2.24) is 10.3 Å². The maximum absolute atomic E-state index is 13.3. The number of aromatic nitrogens is 1. The van der Waals surface area contributed by atoms with Crippen LogP contribution in [0.3, 0.4) is 0 Å². The normalized spacial score (nSPS) is 20.6. The highest BCUT2D eigenvalue weighted by Crippen LogP contribution is 2.24. The minimum atomic E-state index is -0.266. The summed E-state index contributed by atoms with van der Waals surface area (Å²) in [6, 6.07) is 1.75. The second-order valence-electron chi connectivity index (χ2n) is 5.16. The zero-order valence-electron chi connectivity index (χ0n) is 11.6. The van der Waals surface area contributed by atoms with Crippen molar-refractivity contribution in [2.24, 2.45) is 0 Å². The van der Waals surface area contributed by atoms with Gasteiger partial charge in [0, 0.05) is 18.8 Å². The molecule has 2 heterocycles. The maximum Gasteiger partial charge on any atom is 0.141 e. The fourth-order valence-corrected chi connectivity index (χ4v) is 2.55. The summed E-state index contributed by atoms with van der Waals surface area (Å²) < 4.78 is 18.9. The maximum atomic E-state index is 13.3. The number of hydrogen-bond acceptors (Lipinski definition) is 3. The molecule has 3 nitrogen and oxygen atoms in total. The predicted octanol–water partition coefficient (Wildman–Crippen LogP) is 3.22. The van der Waals surface area contributed by atoms with E-state index in [1.54, 1.807) is 12.3 Å². The van der Waals surface area contributed by atoms with E-state index < -0.39 is 0 Å². The smallest absolute Gasteiger partial charge is 0.141 e. The zero-order chi connectivity index (χ0) is 13.5. The van der Waals surface area contributed by atoms with Crippen LogP contribution in [0.4, 0.5) is 4.39 Å². The molecule has 1 aromatic heterocycles. The molecule has 0 amide bonds. The topological polar surface area (TPSA) is 34.1 Å². The Morgan fingerprint density at radius 3 is 3.11 bits per heavy atom. The van der Waals surface area contributed by atoms with Crippen LogP contribution in [-0.2, 0) is 4.74 Å². The molecule has 0 saturated carbocycles. The molecular formula is C15H23FN2O. The average molecular weight is 266 g/mol. The Balaban J connectivity index is 1.94. The van der Waals surface area contributed by atoms with E-state index in [9.17, 15) is 4.39 Å². The highest BCUT2D eigenvalue weighted by Gasteiger charge is 2.19. The first kappa shape index (κ1) is 14.4. The molecule has 1 N–H and O–H groups in total. The molecule has 0 aromatic carbocycles. The Morgan fingerprint density at radius 2 is 2.42 bits per heavy atom. The first-order valence-corrected chi connectivity index (χ1v) is 7.25. The van der Waals surface area contributed by atoms with Gasteiger partial charge >= 0.3 is 0 Å². The summed E-state index contributed by atoms with van der Waals surface area (Å²) in [5.41, 5.74) is 0.937. The third-order valence-electron chi connectivity index (χ3n) is 3.57. The van der Waals surface area contributed by atoms with Gasteiger partial charge in [0.15, 0.2) is 0 Å². The Labute approximate surface area is 114 Å². The van der Waals surface area contributed by atoms with Crippen LogP contribution in [0.15, 0.2) is 18.5 Å². The van der Waals surface area contributed by atoms with Gasteiger partial charge in [-0.05, 0) is 50.3 Å². The lowest BCUT2D eigenvalue weighted by molar-refractivity contribution is 0.0996. The van der Waals surface area contributed by atoms with Gasteiger partial charge in [-0.1, -0.05) is 6.92 Å². The van der Waals surface area contributed by atoms with Gasteiger partial charge in [-0.15, -0.1) is 0 Å². The number of nitrogens with zero attached hydrogens (tertiary/aromatic N) is 1. The highest BCUT2D eigenvalue weighted by molar-refractivity contribution is 5.15. The Kier molecular flexibility index (Phi) is 5.73. The lowest BCUT2D eigenvalue weighted by Gasteiger charge is -2.20. The van der Waals surface area contributed by atoms with E-state index in [0.29, 0.717) is 6.10 Å². The number of rotatable bonds is 7. The van der Waals surface area contributed by atoms with Gasteiger partial charge in [0.05, 0.1) is 12.3 Å². The van der Waals surface area contributed by atoms with Gasteiger partial charge in [0.2, 0.25) is 0 Å². The summed E-state index contributed by atoms with van der Waals surface area (Å²) >= 11 is 0. The zero-order valence-corrected chi connectivity index (χ0v) is 11.6. The second-order valence-corrected chi connectivity index (χ2v) is 5.16. The summed E-state index contributed by atoms with van der Waals surface area (Å²) in [5, 5.41) is 3.47. The van der Waals surface area contributed by atoms with Crippen molar-refractivity contribution >= 4 is 0 Å². The third kappa shape index (κ3) is 4.55. The summed E-state index contributed by atoms with van der Waals surface area (Å²) in [6.45, 7) is 3.96. The van der Waals surface area contributed by atoms with Gasteiger partial charge in [-0.25, -0.2) is 4.39 Å². The molecular weight excluding hydrogens is 243 g/mol. The van der Waals surface area contributed by atoms with Gasteiger partial charge in [0.1, 0.15) is 5.82 Å². The number of halogens is 1. The molecule has 2 rings (SSSR count). The van der Waals surface area contributed by atoms with E-state index in [2.05, 4.69) is 17.2 Å². The van der Waals surface area contributed by atoms with Crippen LogP contribution in [0.2, 0.25) is 0 Å². The Bertz CT molecular complexity index is 380. The monoisotopic (exact) mass is 266 g/mol. The van der Waals surface area contributed by atoms with Crippen LogP contribution < -0.4 is 5.32 Å². The largest absolute Gasteiger partial charge is 0.378 e. The van der Waals surface area contributed by atoms with Gasteiger partial charge in [-0.3, -0.25) is 4.98 Å². The number of pyridine rings is 1. The van der Waals surface area contributed by atoms with Crippen LogP contribution in [-0.4, -0.2) is 24.2 Å². The molecule has 1 fully saturated rings. The van der Waals surface area contributed by atoms with Crippen molar-refractivity contribution in [2.45, 2.75) is 51.2 Å². The van der Waals surface area contributed by atoms with Crippen molar-refractivity contribution in [3.63, 3.8) is 0 Å². The fourth-order valence-electron chi connectivity index (χ4n) is 2.55. The Hall–Kier alpha value is -1.00. The fraction of sp³-hybridized carbons (Fsp3) is 0.667. The van der Waals surface area contributed by atoms with E-state index >= 15 is 0 Å². The van der Waals surface area contributed by atoms with E-state index in [-0.39, 0.29) is 11.9 Å². The number of ether oxygens (including phenoxy) is 1.